The average molecular weight is 743 g/mol. The van der Waals surface area contributed by atoms with Gasteiger partial charge in [0, 0.05) is 47.2 Å². The SMILES string of the molecule is C[C@H]1CC2(C[C@@H]1C)c1cc(/C=C3\C(=O)c4cc(F)c(F)cc4C3=C(C#N)C#N)sc1-c1sc(/C=C3/C(=C(C#N)C#N)c4cc(F)c(F)cc4C3O)cc12. The number of aliphatic hydroxyl groups excluding tert-OH is 1. The van der Waals surface area contributed by atoms with Gasteiger partial charge in [0.1, 0.15) is 41.5 Å². The molecular weight excluding hydrogens is 721 g/mol. The number of nitriles is 4. The first-order valence-electron chi connectivity index (χ1n) is 16.4. The molecule has 0 aliphatic heterocycles. The molecule has 1 unspecified atom stereocenters. The smallest absolute Gasteiger partial charge is 0.194 e. The zero-order chi connectivity index (χ0) is 37.7. The summed E-state index contributed by atoms with van der Waals surface area (Å²) < 4.78 is 57.3. The van der Waals surface area contributed by atoms with E-state index in [0.717, 1.165) is 58.0 Å². The first-order chi connectivity index (χ1) is 25.3. The second kappa shape index (κ2) is 12.1. The number of fused-ring (bicyclic) bond motifs is 7. The molecule has 2 aromatic heterocycles. The van der Waals surface area contributed by atoms with E-state index >= 15 is 0 Å². The van der Waals surface area contributed by atoms with Crippen molar-refractivity contribution in [1.82, 2.24) is 0 Å². The summed E-state index contributed by atoms with van der Waals surface area (Å²) in [6.45, 7) is 4.37. The van der Waals surface area contributed by atoms with Gasteiger partial charge in [-0.05, 0) is 107 Å². The molecule has 4 aliphatic carbocycles. The van der Waals surface area contributed by atoms with E-state index in [0.29, 0.717) is 21.6 Å². The Morgan fingerprint density at radius 1 is 0.717 bits per heavy atom. The first kappa shape index (κ1) is 34.2. The van der Waals surface area contributed by atoms with Gasteiger partial charge in [-0.3, -0.25) is 4.79 Å². The van der Waals surface area contributed by atoms with E-state index in [1.807, 2.05) is 24.3 Å². The highest BCUT2D eigenvalue weighted by molar-refractivity contribution is 7.23. The number of aliphatic hydroxyl groups is 1. The van der Waals surface area contributed by atoms with E-state index < -0.39 is 46.1 Å². The Labute approximate surface area is 308 Å². The van der Waals surface area contributed by atoms with Gasteiger partial charge in [0.15, 0.2) is 29.1 Å². The number of hydrogen-bond donors (Lipinski definition) is 1. The highest BCUT2D eigenvalue weighted by atomic mass is 32.1. The van der Waals surface area contributed by atoms with Crippen LogP contribution < -0.4 is 0 Å². The fourth-order valence-corrected chi connectivity index (χ4v) is 11.0. The summed E-state index contributed by atoms with van der Waals surface area (Å²) in [5.74, 6) is -4.73. The normalized spacial score (nSPS) is 21.6. The molecule has 0 radical (unpaired) electrons. The minimum atomic E-state index is -1.43. The molecule has 1 spiro atoms. The minimum Gasteiger partial charge on any atom is -0.384 e. The summed E-state index contributed by atoms with van der Waals surface area (Å²) in [6, 6.07) is 14.6. The molecule has 2 heterocycles. The third-order valence-corrected chi connectivity index (χ3v) is 13.2. The fourth-order valence-electron chi connectivity index (χ4n) is 8.40. The summed E-state index contributed by atoms with van der Waals surface area (Å²) in [6.07, 6.45) is 3.39. The number of allylic oxidation sites excluding steroid dienone is 4. The zero-order valence-electron chi connectivity index (χ0n) is 27.7. The molecule has 4 aromatic rings. The summed E-state index contributed by atoms with van der Waals surface area (Å²) in [5.41, 5.74) is 1.00. The zero-order valence-corrected chi connectivity index (χ0v) is 29.4. The lowest BCUT2D eigenvalue weighted by Gasteiger charge is -2.25. The van der Waals surface area contributed by atoms with Crippen LogP contribution in [0.3, 0.4) is 0 Å². The molecule has 8 rings (SSSR count). The van der Waals surface area contributed by atoms with Gasteiger partial charge < -0.3 is 5.11 Å². The number of hydrogen-bond acceptors (Lipinski definition) is 8. The molecule has 4 aliphatic rings. The number of ketones is 1. The van der Waals surface area contributed by atoms with Gasteiger partial charge in [0.05, 0.1) is 0 Å². The van der Waals surface area contributed by atoms with Crippen LogP contribution in [-0.4, -0.2) is 10.9 Å². The number of carbonyl (C=O) groups excluding carboxylic acids is 1. The second-order valence-corrected chi connectivity index (χ2v) is 15.9. The van der Waals surface area contributed by atoms with Crippen molar-refractivity contribution in [1.29, 1.82) is 21.0 Å². The van der Waals surface area contributed by atoms with E-state index in [1.54, 1.807) is 24.3 Å². The van der Waals surface area contributed by atoms with Crippen molar-refractivity contribution >= 4 is 51.8 Å². The number of halogens is 4. The van der Waals surface area contributed by atoms with Crippen LogP contribution in [0.5, 0.6) is 0 Å². The first-order valence-corrected chi connectivity index (χ1v) is 18.0. The lowest BCUT2D eigenvalue weighted by Crippen LogP contribution is -2.20. The predicted molar refractivity (Wildman–Crippen MR) is 190 cm³/mol. The van der Waals surface area contributed by atoms with Gasteiger partial charge >= 0.3 is 0 Å². The summed E-state index contributed by atoms with van der Waals surface area (Å²) in [4.78, 5) is 16.8. The van der Waals surface area contributed by atoms with E-state index in [9.17, 15) is 48.5 Å². The monoisotopic (exact) mass is 742 g/mol. The van der Waals surface area contributed by atoms with Crippen LogP contribution in [0.15, 0.2) is 58.7 Å². The Hall–Kier alpha value is -5.89. The van der Waals surface area contributed by atoms with Crippen molar-refractivity contribution in [3.63, 3.8) is 0 Å². The molecule has 258 valence electrons. The largest absolute Gasteiger partial charge is 0.384 e. The van der Waals surface area contributed by atoms with Crippen molar-refractivity contribution in [2.75, 3.05) is 0 Å². The molecule has 0 saturated heterocycles. The van der Waals surface area contributed by atoms with Gasteiger partial charge in [-0.15, -0.1) is 22.7 Å². The van der Waals surface area contributed by atoms with E-state index in [-0.39, 0.29) is 50.1 Å². The lowest BCUT2D eigenvalue weighted by atomic mass is 9.77. The highest BCUT2D eigenvalue weighted by Crippen LogP contribution is 2.64. The molecular formula is C41H22F4N4O2S2. The maximum Gasteiger partial charge on any atom is 0.194 e. The summed E-state index contributed by atoms with van der Waals surface area (Å²) in [5, 5.41) is 50.4. The van der Waals surface area contributed by atoms with E-state index in [1.165, 1.54) is 22.7 Å². The van der Waals surface area contributed by atoms with Gasteiger partial charge in [-0.2, -0.15) is 21.0 Å². The van der Waals surface area contributed by atoms with Crippen molar-refractivity contribution in [3.8, 4) is 34.0 Å². The number of thiophene rings is 2. The van der Waals surface area contributed by atoms with Crippen molar-refractivity contribution in [3.05, 3.63) is 125 Å². The number of Topliss-reactive ketones (excluding diaryl/α,β-unsaturated/α-hetero) is 1. The number of benzene rings is 2. The molecule has 2 aromatic carbocycles. The predicted octanol–water partition coefficient (Wildman–Crippen LogP) is 9.71. The van der Waals surface area contributed by atoms with Crippen LogP contribution in [0.4, 0.5) is 17.6 Å². The number of carbonyl (C=O) groups is 1. The molecule has 0 amide bonds. The molecule has 12 heteroatoms. The molecule has 1 saturated carbocycles. The van der Waals surface area contributed by atoms with Crippen LogP contribution in [0.2, 0.25) is 0 Å². The molecule has 6 nitrogen and oxygen atoms in total. The Morgan fingerprint density at radius 2 is 1.19 bits per heavy atom. The van der Waals surface area contributed by atoms with Gasteiger partial charge in [0.25, 0.3) is 0 Å². The molecule has 3 atom stereocenters. The van der Waals surface area contributed by atoms with E-state index in [4.69, 9.17) is 0 Å². The van der Waals surface area contributed by atoms with Crippen molar-refractivity contribution in [2.45, 2.75) is 38.2 Å². The molecule has 1 fully saturated rings. The summed E-state index contributed by atoms with van der Waals surface area (Å²) >= 11 is 2.80. The quantitative estimate of drug-likeness (QED) is 0.124. The summed E-state index contributed by atoms with van der Waals surface area (Å²) in [7, 11) is 0. The van der Waals surface area contributed by atoms with Gasteiger partial charge in [0.2, 0.25) is 0 Å². The average Bonchev–Trinajstić information content (AvgIpc) is 3.95. The number of rotatable bonds is 2. The van der Waals surface area contributed by atoms with Crippen LogP contribution in [0.1, 0.15) is 80.7 Å². The molecule has 1 N–H and O–H groups in total. The third kappa shape index (κ3) is 4.84. The Balaban J connectivity index is 1.29. The van der Waals surface area contributed by atoms with Crippen LogP contribution in [0, 0.1) is 80.4 Å². The highest BCUT2D eigenvalue weighted by Gasteiger charge is 2.52. The van der Waals surface area contributed by atoms with Crippen LogP contribution in [0.25, 0.3) is 33.1 Å². The molecule has 0 bridgehead atoms. The standard InChI is InChI=1S/C41H22F4N4O2S2/c1-17-11-41(12-18(17)2)29-5-21(3-27-35(19(13-46)14-47)23-7-31(42)33(44)9-25(23)37(27)50)52-39(29)40-30(41)6-22(53-40)4-28-36(20(15-48)16-49)24-8-32(43)34(45)10-26(24)38(28)51/h3-10,17-18,37,50H,11-12H2,1-2H3/b27-3-,28-4-/t17-,18-,37?/m0/s1. The van der Waals surface area contributed by atoms with Gasteiger partial charge in [-0.1, -0.05) is 13.8 Å². The van der Waals surface area contributed by atoms with Crippen LogP contribution in [-0.2, 0) is 5.41 Å². The lowest BCUT2D eigenvalue weighted by molar-refractivity contribution is 0.104. The Kier molecular flexibility index (Phi) is 7.80. The maximum absolute atomic E-state index is 14.4. The van der Waals surface area contributed by atoms with Crippen molar-refractivity contribution < 1.29 is 27.5 Å². The topological polar surface area (TPSA) is 132 Å². The molecule has 53 heavy (non-hydrogen) atoms. The van der Waals surface area contributed by atoms with Gasteiger partial charge in [-0.25, -0.2) is 17.6 Å². The number of nitrogens with zero attached hydrogens (tertiary/aromatic N) is 4. The third-order valence-electron chi connectivity index (χ3n) is 10.9. The Morgan fingerprint density at radius 3 is 1.74 bits per heavy atom. The maximum atomic E-state index is 14.4. The van der Waals surface area contributed by atoms with E-state index in [2.05, 4.69) is 13.8 Å². The second-order valence-electron chi connectivity index (χ2n) is 13.7. The van der Waals surface area contributed by atoms with Crippen molar-refractivity contribution in [2.24, 2.45) is 11.8 Å². The van der Waals surface area contributed by atoms with Crippen LogP contribution >= 0.6 is 22.7 Å². The minimum absolute atomic E-state index is 0.0187. The Bertz CT molecular complexity index is 2660. The fraction of sp³-hybridized carbons (Fsp3) is 0.195.